The van der Waals surface area contributed by atoms with Gasteiger partial charge in [0, 0.05) is 27.9 Å². The van der Waals surface area contributed by atoms with Crippen molar-refractivity contribution in [3.05, 3.63) is 241 Å². The summed E-state index contributed by atoms with van der Waals surface area (Å²) < 4.78 is 0. The van der Waals surface area contributed by atoms with Gasteiger partial charge in [0.25, 0.3) is 0 Å². The van der Waals surface area contributed by atoms with Crippen molar-refractivity contribution in [2.24, 2.45) is 0 Å². The molecule has 1 unspecified atom stereocenters. The third kappa shape index (κ3) is 6.23. The van der Waals surface area contributed by atoms with Crippen LogP contribution in [0.25, 0.3) is 66.1 Å². The van der Waals surface area contributed by atoms with Gasteiger partial charge in [-0.3, -0.25) is 0 Å². The number of hydrogen-bond acceptors (Lipinski definition) is 1. The molecule has 0 spiro atoms. The Morgan fingerprint density at radius 1 is 0.393 bits per heavy atom. The van der Waals surface area contributed by atoms with Crippen LogP contribution in [0, 0.1) is 0 Å². The molecule has 0 saturated carbocycles. The van der Waals surface area contributed by atoms with Crippen molar-refractivity contribution >= 4 is 32.9 Å². The first kappa shape index (κ1) is 36.8. The number of benzene rings is 9. The standard InChI is InChI=1S/C60H47N/c1-59(2)56-28-13-12-26-52(56)54-34-31-45(38-58(54)59)44-22-14-23-46(37-44)61(47-32-35-50(41-17-6-4-7-18-41)55(39-47)42-19-8-5-9-20-42)48-24-16-36-60(3,40-48)57-29-15-27-51-49-25-11-10-21-43(49)30-33-53(51)57/h4-35,37-40H,36H2,1-3H3. The van der Waals surface area contributed by atoms with Crippen LogP contribution >= 0.6 is 0 Å². The molecule has 2 aliphatic rings. The zero-order valence-corrected chi connectivity index (χ0v) is 34.9. The molecule has 61 heavy (non-hydrogen) atoms. The van der Waals surface area contributed by atoms with E-state index in [1.807, 2.05) is 0 Å². The fraction of sp³-hybridized carbons (Fsp3) is 0.100. The minimum atomic E-state index is -0.255. The molecule has 0 aliphatic heterocycles. The van der Waals surface area contributed by atoms with E-state index >= 15 is 0 Å². The van der Waals surface area contributed by atoms with Gasteiger partial charge in [-0.25, -0.2) is 0 Å². The number of fused-ring (bicyclic) bond motifs is 6. The summed E-state index contributed by atoms with van der Waals surface area (Å²) in [4.78, 5) is 2.48. The Hall–Kier alpha value is -7.22. The molecule has 0 heterocycles. The smallest absolute Gasteiger partial charge is 0.0468 e. The van der Waals surface area contributed by atoms with E-state index in [0.717, 1.165) is 23.5 Å². The van der Waals surface area contributed by atoms with E-state index in [-0.39, 0.29) is 10.8 Å². The van der Waals surface area contributed by atoms with E-state index in [1.54, 1.807) is 0 Å². The molecule has 9 aromatic rings. The Balaban J connectivity index is 1.09. The van der Waals surface area contributed by atoms with E-state index in [1.165, 1.54) is 82.7 Å². The lowest BCUT2D eigenvalue weighted by molar-refractivity contribution is 0.599. The average molecular weight is 782 g/mol. The predicted octanol–water partition coefficient (Wildman–Crippen LogP) is 16.2. The van der Waals surface area contributed by atoms with E-state index in [4.69, 9.17) is 0 Å². The molecule has 1 heteroatoms. The highest BCUT2D eigenvalue weighted by Crippen LogP contribution is 2.50. The van der Waals surface area contributed by atoms with E-state index < -0.39 is 0 Å². The molecule has 9 aromatic carbocycles. The van der Waals surface area contributed by atoms with Gasteiger partial charge in [0.1, 0.15) is 0 Å². The molecule has 1 nitrogen and oxygen atoms in total. The Bertz CT molecular complexity index is 3200. The van der Waals surface area contributed by atoms with Crippen LogP contribution in [0.2, 0.25) is 0 Å². The maximum Gasteiger partial charge on any atom is 0.0468 e. The SMILES string of the molecule is CC1(c2cccc3c2ccc2ccccc23)C=C(N(c2cccc(-c3ccc4c(c3)C(C)(C)c3ccccc3-4)c2)c2ccc(-c3ccccc3)c(-c3ccccc3)c2)C=CC1. The Kier molecular flexibility index (Phi) is 8.76. The number of rotatable bonds is 7. The van der Waals surface area contributed by atoms with Gasteiger partial charge in [-0.1, -0.05) is 197 Å². The lowest BCUT2D eigenvalue weighted by Crippen LogP contribution is -2.26. The molecule has 2 aliphatic carbocycles. The molecule has 0 fully saturated rings. The van der Waals surface area contributed by atoms with Crippen LogP contribution in [0.4, 0.5) is 11.4 Å². The van der Waals surface area contributed by atoms with Gasteiger partial charge in [0.05, 0.1) is 0 Å². The lowest BCUT2D eigenvalue weighted by Gasteiger charge is -2.35. The van der Waals surface area contributed by atoms with E-state index in [9.17, 15) is 0 Å². The van der Waals surface area contributed by atoms with Crippen molar-refractivity contribution in [2.75, 3.05) is 4.90 Å². The summed E-state index contributed by atoms with van der Waals surface area (Å²) in [5.74, 6) is 0. The van der Waals surface area contributed by atoms with Crippen molar-refractivity contribution in [2.45, 2.75) is 38.0 Å². The van der Waals surface area contributed by atoms with E-state index in [2.05, 4.69) is 244 Å². The minimum absolute atomic E-state index is 0.0734. The molecule has 0 saturated heterocycles. The fourth-order valence-electron chi connectivity index (χ4n) is 10.3. The van der Waals surface area contributed by atoms with Crippen LogP contribution in [0.5, 0.6) is 0 Å². The first-order valence-electron chi connectivity index (χ1n) is 21.6. The van der Waals surface area contributed by atoms with Gasteiger partial charge in [-0.2, -0.15) is 0 Å². The van der Waals surface area contributed by atoms with Crippen molar-refractivity contribution in [1.82, 2.24) is 0 Å². The normalized spacial score (nSPS) is 16.3. The van der Waals surface area contributed by atoms with Crippen molar-refractivity contribution in [3.63, 3.8) is 0 Å². The zero-order valence-electron chi connectivity index (χ0n) is 34.9. The van der Waals surface area contributed by atoms with Crippen LogP contribution in [-0.4, -0.2) is 0 Å². The highest BCUT2D eigenvalue weighted by atomic mass is 15.1. The summed E-state index contributed by atoms with van der Waals surface area (Å²) in [7, 11) is 0. The monoisotopic (exact) mass is 781 g/mol. The van der Waals surface area contributed by atoms with Crippen LogP contribution < -0.4 is 4.90 Å². The highest BCUT2D eigenvalue weighted by molar-refractivity contribution is 6.08. The number of anilines is 2. The molecule has 292 valence electrons. The van der Waals surface area contributed by atoms with Gasteiger partial charge < -0.3 is 4.90 Å². The average Bonchev–Trinajstić information content (AvgIpc) is 3.54. The number of allylic oxidation sites excluding steroid dienone is 3. The molecule has 0 radical (unpaired) electrons. The third-order valence-electron chi connectivity index (χ3n) is 13.4. The second kappa shape index (κ2) is 14.5. The summed E-state index contributed by atoms with van der Waals surface area (Å²) in [6.07, 6.45) is 8.14. The Morgan fingerprint density at radius 2 is 1.02 bits per heavy atom. The topological polar surface area (TPSA) is 3.24 Å². The van der Waals surface area contributed by atoms with Crippen LogP contribution in [0.15, 0.2) is 224 Å². The number of nitrogens with zero attached hydrogens (tertiary/aromatic N) is 1. The van der Waals surface area contributed by atoms with Gasteiger partial charge in [-0.15, -0.1) is 0 Å². The van der Waals surface area contributed by atoms with Gasteiger partial charge in [0.2, 0.25) is 0 Å². The Labute approximate surface area is 359 Å². The summed E-state index contributed by atoms with van der Waals surface area (Å²) >= 11 is 0. The van der Waals surface area contributed by atoms with Gasteiger partial charge in [-0.05, 0) is 132 Å². The fourth-order valence-corrected chi connectivity index (χ4v) is 10.3. The summed E-state index contributed by atoms with van der Waals surface area (Å²) in [6, 6.07) is 74.0. The Morgan fingerprint density at radius 3 is 1.85 bits per heavy atom. The van der Waals surface area contributed by atoms with E-state index in [0.29, 0.717) is 0 Å². The summed E-state index contributed by atoms with van der Waals surface area (Å²) in [6.45, 7) is 7.13. The molecule has 0 bridgehead atoms. The molecular formula is C60H47N. The highest BCUT2D eigenvalue weighted by Gasteiger charge is 2.35. The molecule has 11 rings (SSSR count). The minimum Gasteiger partial charge on any atom is -0.311 e. The molecule has 0 aromatic heterocycles. The van der Waals surface area contributed by atoms with Crippen molar-refractivity contribution < 1.29 is 0 Å². The van der Waals surface area contributed by atoms with Gasteiger partial charge >= 0.3 is 0 Å². The van der Waals surface area contributed by atoms with Crippen LogP contribution in [-0.2, 0) is 10.8 Å². The molecule has 0 N–H and O–H groups in total. The molecule has 1 atom stereocenters. The maximum absolute atomic E-state index is 2.52. The number of hydrogen-bond donors (Lipinski definition) is 0. The quantitative estimate of drug-likeness (QED) is 0.146. The second-order valence-electron chi connectivity index (χ2n) is 17.6. The lowest BCUT2D eigenvalue weighted by atomic mass is 9.74. The van der Waals surface area contributed by atoms with Crippen LogP contribution in [0.1, 0.15) is 43.9 Å². The zero-order chi connectivity index (χ0) is 41.1. The summed E-state index contributed by atoms with van der Waals surface area (Å²) in [5, 5.41) is 5.18. The first-order valence-corrected chi connectivity index (χ1v) is 21.6. The first-order chi connectivity index (χ1) is 29.9. The summed E-state index contributed by atoms with van der Waals surface area (Å²) in [5.41, 5.74) is 17.1. The molecule has 0 amide bonds. The largest absolute Gasteiger partial charge is 0.311 e. The van der Waals surface area contributed by atoms with Crippen LogP contribution in [0.3, 0.4) is 0 Å². The van der Waals surface area contributed by atoms with Gasteiger partial charge in [0.15, 0.2) is 0 Å². The third-order valence-corrected chi connectivity index (χ3v) is 13.4. The second-order valence-corrected chi connectivity index (χ2v) is 17.6. The van der Waals surface area contributed by atoms with Crippen molar-refractivity contribution in [3.8, 4) is 44.5 Å². The predicted molar refractivity (Wildman–Crippen MR) is 260 cm³/mol. The molecular weight excluding hydrogens is 735 g/mol. The maximum atomic E-state index is 2.52. The van der Waals surface area contributed by atoms with Crippen molar-refractivity contribution in [1.29, 1.82) is 0 Å².